The lowest BCUT2D eigenvalue weighted by Crippen LogP contribution is -2.07. The number of aromatic nitrogens is 2. The molecule has 0 fully saturated rings. The van der Waals surface area contributed by atoms with Crippen LogP contribution in [0.5, 0.6) is 11.5 Å². The largest absolute Gasteiger partial charge is 0.493 e. The Kier molecular flexibility index (Phi) is 5.40. The van der Waals surface area contributed by atoms with Crippen molar-refractivity contribution < 1.29 is 28.0 Å². The Labute approximate surface area is 161 Å². The van der Waals surface area contributed by atoms with Crippen LogP contribution in [0.1, 0.15) is 0 Å². The molecule has 1 atom stereocenters. The summed E-state index contributed by atoms with van der Waals surface area (Å²) in [6.07, 6.45) is 2.66. The molecule has 2 aromatic carbocycles. The molecule has 1 aromatic heterocycles. The van der Waals surface area contributed by atoms with Crippen molar-refractivity contribution in [3.05, 3.63) is 42.7 Å². The zero-order valence-electron chi connectivity index (χ0n) is 15.3. The third-order valence-electron chi connectivity index (χ3n) is 3.97. The summed E-state index contributed by atoms with van der Waals surface area (Å²) >= 11 is 0. The van der Waals surface area contributed by atoms with Crippen LogP contribution in [0.4, 0.5) is 5.82 Å². The first-order valence-electron chi connectivity index (χ1n) is 7.91. The van der Waals surface area contributed by atoms with Gasteiger partial charge in [-0.25, -0.2) is 14.2 Å². The molecule has 1 unspecified atom stereocenters. The summed E-state index contributed by atoms with van der Waals surface area (Å²) in [4.78, 5) is 27.2. The fourth-order valence-electron chi connectivity index (χ4n) is 2.56. The van der Waals surface area contributed by atoms with Gasteiger partial charge in [-0.05, 0) is 24.3 Å². The maximum absolute atomic E-state index is 13.2. The van der Waals surface area contributed by atoms with Crippen molar-refractivity contribution in [1.29, 1.82) is 0 Å². The first-order chi connectivity index (χ1) is 13.2. The van der Waals surface area contributed by atoms with Gasteiger partial charge >= 0.3 is 7.60 Å². The highest BCUT2D eigenvalue weighted by atomic mass is 32.2. The van der Waals surface area contributed by atoms with Crippen LogP contribution in [0.2, 0.25) is 0 Å². The standard InChI is InChI=1S/C17H18N3O6PS/c1-25-15-8-13-14(9-16(15)26-2)18-10-19-17(13)20-28(3,24)12-6-4-5-11(7-12)27(21,22)23/h4-10H,1-3H3,(H2,21,22,23). The summed E-state index contributed by atoms with van der Waals surface area (Å²) in [7, 11) is -4.54. The van der Waals surface area contributed by atoms with Gasteiger partial charge in [-0.15, -0.1) is 0 Å². The molecule has 148 valence electrons. The van der Waals surface area contributed by atoms with Gasteiger partial charge in [-0.2, -0.15) is 4.36 Å². The van der Waals surface area contributed by atoms with E-state index < -0.39 is 17.3 Å². The molecular formula is C17H18N3O6PS. The van der Waals surface area contributed by atoms with E-state index in [0.29, 0.717) is 22.4 Å². The smallest absolute Gasteiger partial charge is 0.356 e. The molecule has 11 heteroatoms. The van der Waals surface area contributed by atoms with E-state index in [1.165, 1.54) is 51.1 Å². The van der Waals surface area contributed by atoms with Crippen LogP contribution in [0.15, 0.2) is 52.0 Å². The van der Waals surface area contributed by atoms with E-state index in [2.05, 4.69) is 14.3 Å². The van der Waals surface area contributed by atoms with Gasteiger partial charge in [0.05, 0.1) is 34.8 Å². The monoisotopic (exact) mass is 423 g/mol. The highest BCUT2D eigenvalue weighted by molar-refractivity contribution is 7.93. The third kappa shape index (κ3) is 4.00. The SMILES string of the molecule is COc1cc2ncnc(N=S(C)(=O)c3cccc(P(=O)(O)O)c3)c2cc1OC. The van der Waals surface area contributed by atoms with Gasteiger partial charge in [-0.3, -0.25) is 4.57 Å². The van der Waals surface area contributed by atoms with Gasteiger partial charge in [0.2, 0.25) is 0 Å². The molecule has 0 bridgehead atoms. The van der Waals surface area contributed by atoms with Crippen molar-refractivity contribution in [3.63, 3.8) is 0 Å². The number of fused-ring (bicyclic) bond motifs is 1. The predicted octanol–water partition coefficient (Wildman–Crippen LogP) is 2.24. The minimum absolute atomic E-state index is 0.167. The first kappa shape index (κ1) is 20.2. The molecule has 2 N–H and O–H groups in total. The number of methoxy groups -OCH3 is 2. The van der Waals surface area contributed by atoms with Crippen LogP contribution in [-0.4, -0.2) is 44.4 Å². The Balaban J connectivity index is 2.21. The fraction of sp³-hybridized carbons (Fsp3) is 0.176. The second-order valence-corrected chi connectivity index (χ2v) is 9.72. The van der Waals surface area contributed by atoms with Crippen molar-refractivity contribution in [2.45, 2.75) is 4.90 Å². The average Bonchev–Trinajstić information content (AvgIpc) is 2.66. The lowest BCUT2D eigenvalue weighted by molar-refractivity contribution is 0.356. The number of benzene rings is 2. The van der Waals surface area contributed by atoms with Crippen molar-refractivity contribution >= 4 is 39.4 Å². The number of hydrogen-bond acceptors (Lipinski definition) is 7. The number of nitrogens with zero attached hydrogens (tertiary/aromatic N) is 3. The molecule has 3 aromatic rings. The second-order valence-electron chi connectivity index (χ2n) is 5.86. The Hall–Kier alpha value is -2.52. The fourth-order valence-corrected chi connectivity index (χ4v) is 4.49. The summed E-state index contributed by atoms with van der Waals surface area (Å²) in [5.74, 6) is 1.08. The average molecular weight is 423 g/mol. The predicted molar refractivity (Wildman–Crippen MR) is 105 cm³/mol. The first-order valence-corrected chi connectivity index (χ1v) is 11.4. The topological polar surface area (TPSA) is 131 Å². The molecule has 28 heavy (non-hydrogen) atoms. The summed E-state index contributed by atoms with van der Waals surface area (Å²) < 4.78 is 39.5. The highest BCUT2D eigenvalue weighted by Gasteiger charge is 2.19. The van der Waals surface area contributed by atoms with Gasteiger partial charge in [0.1, 0.15) is 6.33 Å². The van der Waals surface area contributed by atoms with Gasteiger partial charge in [0.15, 0.2) is 17.3 Å². The van der Waals surface area contributed by atoms with Crippen LogP contribution >= 0.6 is 7.60 Å². The lowest BCUT2D eigenvalue weighted by Gasteiger charge is -2.11. The van der Waals surface area contributed by atoms with E-state index in [4.69, 9.17) is 9.47 Å². The minimum atomic E-state index is -4.48. The second kappa shape index (κ2) is 7.48. The number of rotatable bonds is 5. The summed E-state index contributed by atoms with van der Waals surface area (Å²) in [6.45, 7) is 0. The maximum atomic E-state index is 13.2. The Morgan fingerprint density at radius 2 is 1.75 bits per heavy atom. The zero-order valence-corrected chi connectivity index (χ0v) is 17.0. The Bertz CT molecular complexity index is 1220. The van der Waals surface area contributed by atoms with Gasteiger partial charge in [0, 0.05) is 22.6 Å². The van der Waals surface area contributed by atoms with Crippen molar-refractivity contribution in [3.8, 4) is 11.5 Å². The lowest BCUT2D eigenvalue weighted by atomic mass is 10.2. The van der Waals surface area contributed by atoms with E-state index in [9.17, 15) is 18.6 Å². The molecule has 0 saturated carbocycles. The van der Waals surface area contributed by atoms with Gasteiger partial charge < -0.3 is 19.3 Å². The molecule has 1 heterocycles. The third-order valence-corrected chi connectivity index (χ3v) is 6.57. The molecule has 0 aliphatic heterocycles. The molecular weight excluding hydrogens is 405 g/mol. The van der Waals surface area contributed by atoms with Crippen molar-refractivity contribution in [2.24, 2.45) is 4.36 Å². The summed E-state index contributed by atoms with van der Waals surface area (Å²) in [5, 5.41) is 0.273. The van der Waals surface area contributed by atoms with Crippen LogP contribution < -0.4 is 14.8 Å². The molecule has 0 aliphatic rings. The molecule has 3 rings (SSSR count). The normalized spacial score (nSPS) is 13.8. The molecule has 9 nitrogen and oxygen atoms in total. The molecule has 0 spiro atoms. The minimum Gasteiger partial charge on any atom is -0.493 e. The molecule has 0 aliphatic carbocycles. The summed E-state index contributed by atoms with van der Waals surface area (Å²) in [5.41, 5.74) is 0.519. The maximum Gasteiger partial charge on any atom is 0.356 e. The number of hydrogen-bond donors (Lipinski definition) is 2. The van der Waals surface area contributed by atoms with E-state index in [1.54, 1.807) is 12.1 Å². The zero-order chi connectivity index (χ0) is 20.5. The van der Waals surface area contributed by atoms with Crippen LogP contribution in [-0.2, 0) is 14.3 Å². The van der Waals surface area contributed by atoms with E-state index >= 15 is 0 Å². The molecule has 0 radical (unpaired) electrons. The van der Waals surface area contributed by atoms with Gasteiger partial charge in [-0.1, -0.05) is 6.07 Å². The number of ether oxygens (including phenoxy) is 2. The van der Waals surface area contributed by atoms with Crippen LogP contribution in [0.3, 0.4) is 0 Å². The van der Waals surface area contributed by atoms with Crippen LogP contribution in [0, 0.1) is 0 Å². The molecule has 0 amide bonds. The van der Waals surface area contributed by atoms with E-state index in [-0.39, 0.29) is 16.0 Å². The summed E-state index contributed by atoms with van der Waals surface area (Å²) in [6, 6.07) is 8.68. The highest BCUT2D eigenvalue weighted by Crippen LogP contribution is 2.36. The van der Waals surface area contributed by atoms with Crippen LogP contribution in [0.25, 0.3) is 10.9 Å². The Morgan fingerprint density at radius 3 is 2.39 bits per heavy atom. The Morgan fingerprint density at radius 1 is 1.07 bits per heavy atom. The van der Waals surface area contributed by atoms with Crippen molar-refractivity contribution in [2.75, 3.05) is 20.5 Å². The van der Waals surface area contributed by atoms with E-state index in [0.717, 1.165) is 0 Å². The van der Waals surface area contributed by atoms with E-state index in [1.807, 2.05) is 0 Å². The van der Waals surface area contributed by atoms with Gasteiger partial charge in [0.25, 0.3) is 0 Å². The quantitative estimate of drug-likeness (QED) is 0.598. The molecule has 0 saturated heterocycles. The van der Waals surface area contributed by atoms with Crippen molar-refractivity contribution in [1.82, 2.24) is 9.97 Å².